The van der Waals surface area contributed by atoms with Crippen molar-refractivity contribution in [3.05, 3.63) is 34.9 Å². The lowest BCUT2D eigenvalue weighted by molar-refractivity contribution is 0.278. The van der Waals surface area contributed by atoms with Crippen molar-refractivity contribution in [3.8, 4) is 0 Å². The van der Waals surface area contributed by atoms with Gasteiger partial charge < -0.3 is 5.11 Å². The fourth-order valence-corrected chi connectivity index (χ4v) is 1.66. The van der Waals surface area contributed by atoms with E-state index < -0.39 is 0 Å². The molecular formula is C12H18O. The molecule has 0 fully saturated rings. The normalized spacial score (nSPS) is 12.9. The topological polar surface area (TPSA) is 20.2 Å². The summed E-state index contributed by atoms with van der Waals surface area (Å²) in [4.78, 5) is 0. The largest absolute Gasteiger partial charge is 0.396 e. The lowest BCUT2D eigenvalue weighted by atomic mass is 9.92. The molecule has 72 valence electrons. The van der Waals surface area contributed by atoms with E-state index in [1.807, 2.05) is 0 Å². The standard InChI is InChI=1S/C12H18O/c1-9-5-4-6-12(11(9)3)10(2)7-8-13/h4-6,10,13H,7-8H2,1-3H3. The molecular weight excluding hydrogens is 160 g/mol. The average molecular weight is 178 g/mol. The maximum atomic E-state index is 8.86. The first kappa shape index (κ1) is 10.3. The van der Waals surface area contributed by atoms with Crippen LogP contribution in [-0.2, 0) is 0 Å². The van der Waals surface area contributed by atoms with E-state index in [1.165, 1.54) is 16.7 Å². The van der Waals surface area contributed by atoms with Crippen LogP contribution in [0.1, 0.15) is 36.0 Å². The molecule has 0 aliphatic carbocycles. The fraction of sp³-hybridized carbons (Fsp3) is 0.500. The zero-order valence-corrected chi connectivity index (χ0v) is 8.67. The highest BCUT2D eigenvalue weighted by Gasteiger charge is 2.08. The minimum atomic E-state index is 0.272. The van der Waals surface area contributed by atoms with Crippen LogP contribution >= 0.6 is 0 Å². The van der Waals surface area contributed by atoms with Gasteiger partial charge >= 0.3 is 0 Å². The van der Waals surface area contributed by atoms with Gasteiger partial charge in [-0.3, -0.25) is 0 Å². The van der Waals surface area contributed by atoms with Gasteiger partial charge in [-0.1, -0.05) is 25.1 Å². The van der Waals surface area contributed by atoms with E-state index in [0.29, 0.717) is 5.92 Å². The first-order valence-corrected chi connectivity index (χ1v) is 4.83. The van der Waals surface area contributed by atoms with Crippen LogP contribution in [0.15, 0.2) is 18.2 Å². The first-order valence-electron chi connectivity index (χ1n) is 4.83. The molecule has 13 heavy (non-hydrogen) atoms. The molecule has 1 N–H and O–H groups in total. The molecule has 0 aliphatic heterocycles. The predicted molar refractivity (Wildman–Crippen MR) is 56.0 cm³/mol. The fourth-order valence-electron chi connectivity index (χ4n) is 1.66. The Morgan fingerprint density at radius 2 is 2.00 bits per heavy atom. The van der Waals surface area contributed by atoms with Gasteiger partial charge in [-0.05, 0) is 42.9 Å². The van der Waals surface area contributed by atoms with Crippen LogP contribution in [0.2, 0.25) is 0 Å². The molecule has 0 bridgehead atoms. The smallest absolute Gasteiger partial charge is 0.0436 e. The van der Waals surface area contributed by atoms with Crippen LogP contribution in [0.4, 0.5) is 0 Å². The number of aliphatic hydroxyl groups is 1. The number of benzene rings is 1. The Hall–Kier alpha value is -0.820. The van der Waals surface area contributed by atoms with Crippen molar-refractivity contribution < 1.29 is 5.11 Å². The van der Waals surface area contributed by atoms with E-state index in [4.69, 9.17) is 5.11 Å². The minimum absolute atomic E-state index is 0.272. The Morgan fingerprint density at radius 1 is 1.31 bits per heavy atom. The van der Waals surface area contributed by atoms with Gasteiger partial charge in [0.05, 0.1) is 0 Å². The zero-order valence-electron chi connectivity index (χ0n) is 8.67. The van der Waals surface area contributed by atoms with Gasteiger partial charge in [0.15, 0.2) is 0 Å². The number of aryl methyl sites for hydroxylation is 1. The van der Waals surface area contributed by atoms with E-state index in [2.05, 4.69) is 39.0 Å². The monoisotopic (exact) mass is 178 g/mol. The third kappa shape index (κ3) is 2.31. The molecule has 1 aromatic rings. The van der Waals surface area contributed by atoms with Gasteiger partial charge in [0, 0.05) is 6.61 Å². The molecule has 0 spiro atoms. The van der Waals surface area contributed by atoms with Crippen LogP contribution < -0.4 is 0 Å². The molecule has 0 saturated carbocycles. The van der Waals surface area contributed by atoms with Gasteiger partial charge in [-0.15, -0.1) is 0 Å². The third-order valence-corrected chi connectivity index (χ3v) is 2.74. The van der Waals surface area contributed by atoms with E-state index >= 15 is 0 Å². The molecule has 1 rings (SSSR count). The molecule has 0 saturated heterocycles. The maximum Gasteiger partial charge on any atom is 0.0436 e. The molecule has 0 aromatic heterocycles. The third-order valence-electron chi connectivity index (χ3n) is 2.74. The van der Waals surface area contributed by atoms with Crippen LogP contribution in [0.5, 0.6) is 0 Å². The second-order valence-corrected chi connectivity index (χ2v) is 3.70. The number of hydrogen-bond donors (Lipinski definition) is 1. The Morgan fingerprint density at radius 3 is 2.62 bits per heavy atom. The van der Waals surface area contributed by atoms with Crippen molar-refractivity contribution in [2.24, 2.45) is 0 Å². The number of hydrogen-bond acceptors (Lipinski definition) is 1. The number of aliphatic hydroxyl groups excluding tert-OH is 1. The number of rotatable bonds is 3. The molecule has 0 amide bonds. The van der Waals surface area contributed by atoms with Crippen LogP contribution in [0.3, 0.4) is 0 Å². The quantitative estimate of drug-likeness (QED) is 0.754. The highest BCUT2D eigenvalue weighted by molar-refractivity contribution is 5.35. The van der Waals surface area contributed by atoms with Crippen molar-refractivity contribution in [1.82, 2.24) is 0 Å². The first-order chi connectivity index (χ1) is 6.16. The molecule has 1 atom stereocenters. The molecule has 0 aliphatic rings. The summed E-state index contributed by atoms with van der Waals surface area (Å²) in [5.74, 6) is 0.463. The lowest BCUT2D eigenvalue weighted by Crippen LogP contribution is -2.00. The van der Waals surface area contributed by atoms with Gasteiger partial charge in [0.2, 0.25) is 0 Å². The Bertz CT molecular complexity index is 278. The van der Waals surface area contributed by atoms with Crippen molar-refractivity contribution >= 4 is 0 Å². The Kier molecular flexibility index (Phi) is 3.49. The average Bonchev–Trinajstić information content (AvgIpc) is 2.10. The zero-order chi connectivity index (χ0) is 9.84. The van der Waals surface area contributed by atoms with E-state index in [9.17, 15) is 0 Å². The highest BCUT2D eigenvalue weighted by Crippen LogP contribution is 2.23. The lowest BCUT2D eigenvalue weighted by Gasteiger charge is -2.14. The molecule has 0 heterocycles. The Labute approximate surface area is 80.4 Å². The SMILES string of the molecule is Cc1cccc(C(C)CCO)c1C. The highest BCUT2D eigenvalue weighted by atomic mass is 16.3. The summed E-state index contributed by atoms with van der Waals surface area (Å²) < 4.78 is 0. The molecule has 1 heteroatoms. The summed E-state index contributed by atoms with van der Waals surface area (Å²) in [6.45, 7) is 6.72. The summed E-state index contributed by atoms with van der Waals surface area (Å²) in [6.07, 6.45) is 0.851. The second kappa shape index (κ2) is 4.43. The Balaban J connectivity index is 2.93. The van der Waals surface area contributed by atoms with Crippen LogP contribution in [-0.4, -0.2) is 11.7 Å². The summed E-state index contributed by atoms with van der Waals surface area (Å²) in [6, 6.07) is 6.37. The van der Waals surface area contributed by atoms with Crippen molar-refractivity contribution in [2.75, 3.05) is 6.61 Å². The van der Waals surface area contributed by atoms with Gasteiger partial charge in [-0.2, -0.15) is 0 Å². The van der Waals surface area contributed by atoms with Gasteiger partial charge in [-0.25, -0.2) is 0 Å². The van der Waals surface area contributed by atoms with Crippen LogP contribution in [0.25, 0.3) is 0 Å². The second-order valence-electron chi connectivity index (χ2n) is 3.70. The molecule has 1 aromatic carbocycles. The van der Waals surface area contributed by atoms with Gasteiger partial charge in [0.1, 0.15) is 0 Å². The maximum absolute atomic E-state index is 8.86. The summed E-state index contributed by atoms with van der Waals surface area (Å²) in [5, 5.41) is 8.86. The van der Waals surface area contributed by atoms with E-state index in [0.717, 1.165) is 6.42 Å². The summed E-state index contributed by atoms with van der Waals surface area (Å²) >= 11 is 0. The van der Waals surface area contributed by atoms with Gasteiger partial charge in [0.25, 0.3) is 0 Å². The summed E-state index contributed by atoms with van der Waals surface area (Å²) in [7, 11) is 0. The van der Waals surface area contributed by atoms with Crippen molar-refractivity contribution in [3.63, 3.8) is 0 Å². The van der Waals surface area contributed by atoms with Crippen molar-refractivity contribution in [1.29, 1.82) is 0 Å². The minimum Gasteiger partial charge on any atom is -0.396 e. The van der Waals surface area contributed by atoms with Crippen LogP contribution in [0, 0.1) is 13.8 Å². The van der Waals surface area contributed by atoms with E-state index in [-0.39, 0.29) is 6.61 Å². The van der Waals surface area contributed by atoms with E-state index in [1.54, 1.807) is 0 Å². The van der Waals surface area contributed by atoms with Crippen molar-refractivity contribution in [2.45, 2.75) is 33.1 Å². The molecule has 0 radical (unpaired) electrons. The molecule has 1 nitrogen and oxygen atoms in total. The summed E-state index contributed by atoms with van der Waals surface area (Å²) in [5.41, 5.74) is 4.07. The predicted octanol–water partition coefficient (Wildman–Crippen LogP) is 2.79. The molecule has 1 unspecified atom stereocenters.